The van der Waals surface area contributed by atoms with Gasteiger partial charge in [-0.3, -0.25) is 4.79 Å². The number of nitrogens with zero attached hydrogens (tertiary/aromatic N) is 2. The molecule has 1 aliphatic rings. The maximum absolute atomic E-state index is 12.1. The fourth-order valence-corrected chi connectivity index (χ4v) is 3.69. The van der Waals surface area contributed by atoms with Gasteiger partial charge in [0.25, 0.3) is 0 Å². The Hall–Kier alpha value is -1.21. The number of carbonyl (C=O) groups excluding carboxylic acids is 1. The van der Waals surface area contributed by atoms with Crippen LogP contribution in [0.2, 0.25) is 5.02 Å². The van der Waals surface area contributed by atoms with Crippen LogP contribution in [0.1, 0.15) is 25.7 Å². The van der Waals surface area contributed by atoms with Gasteiger partial charge < -0.3 is 11.1 Å². The van der Waals surface area contributed by atoms with Gasteiger partial charge in [-0.1, -0.05) is 41.5 Å². The highest BCUT2D eigenvalue weighted by molar-refractivity contribution is 7.18. The number of benzene rings is 1. The van der Waals surface area contributed by atoms with Crippen LogP contribution in [0.15, 0.2) is 24.3 Å². The molecule has 0 radical (unpaired) electrons. The van der Waals surface area contributed by atoms with Gasteiger partial charge in [-0.25, -0.2) is 0 Å². The molecule has 2 atom stereocenters. The highest BCUT2D eigenvalue weighted by atomic mass is 35.5. The largest absolute Gasteiger partial charge is 0.327 e. The van der Waals surface area contributed by atoms with Crippen LogP contribution in [-0.2, 0) is 4.79 Å². The summed E-state index contributed by atoms with van der Waals surface area (Å²) >= 11 is 7.31. The van der Waals surface area contributed by atoms with Crippen LogP contribution in [0.25, 0.3) is 10.6 Å². The lowest BCUT2D eigenvalue weighted by molar-refractivity contribution is -0.117. The van der Waals surface area contributed by atoms with Crippen molar-refractivity contribution in [3.05, 3.63) is 29.3 Å². The molecule has 3 rings (SSSR count). The van der Waals surface area contributed by atoms with E-state index in [-0.39, 0.29) is 30.3 Å². The minimum Gasteiger partial charge on any atom is -0.327 e. The van der Waals surface area contributed by atoms with Gasteiger partial charge in [-0.05, 0) is 30.9 Å². The van der Waals surface area contributed by atoms with Crippen molar-refractivity contribution in [3.63, 3.8) is 0 Å². The second kappa shape index (κ2) is 8.06. The summed E-state index contributed by atoms with van der Waals surface area (Å²) in [5.74, 6) is 0.233. The fourth-order valence-electron chi connectivity index (χ4n) is 2.74. The first-order chi connectivity index (χ1) is 10.6. The molecule has 0 unspecified atom stereocenters. The van der Waals surface area contributed by atoms with Gasteiger partial charge in [-0.2, -0.15) is 0 Å². The van der Waals surface area contributed by atoms with Crippen LogP contribution in [0.4, 0.5) is 5.13 Å². The molecule has 1 amide bonds. The second-order valence-corrected chi connectivity index (χ2v) is 6.94. The smallest absolute Gasteiger partial charge is 0.226 e. The number of carbonyl (C=O) groups is 1. The van der Waals surface area contributed by atoms with Gasteiger partial charge >= 0.3 is 0 Å². The van der Waals surface area contributed by atoms with Gasteiger partial charge in [-0.15, -0.1) is 22.6 Å². The molecule has 1 aromatic carbocycles. The summed E-state index contributed by atoms with van der Waals surface area (Å²) in [6.45, 7) is 0. The van der Waals surface area contributed by atoms with E-state index in [9.17, 15) is 4.79 Å². The lowest BCUT2D eigenvalue weighted by Gasteiger charge is -2.13. The van der Waals surface area contributed by atoms with Crippen LogP contribution in [-0.4, -0.2) is 22.1 Å². The fraction of sp³-hybridized carbons (Fsp3) is 0.400. The first kappa shape index (κ1) is 18.1. The molecule has 2 aromatic rings. The lowest BCUT2D eigenvalue weighted by atomic mass is 10.00. The molecule has 1 fully saturated rings. The number of nitrogens with two attached hydrogens (primary N) is 1. The van der Waals surface area contributed by atoms with E-state index in [0.717, 1.165) is 29.8 Å². The summed E-state index contributed by atoms with van der Waals surface area (Å²) in [6.07, 6.45) is 3.60. The Labute approximate surface area is 150 Å². The van der Waals surface area contributed by atoms with E-state index < -0.39 is 0 Å². The van der Waals surface area contributed by atoms with E-state index in [2.05, 4.69) is 15.5 Å². The quantitative estimate of drug-likeness (QED) is 0.856. The molecule has 5 nitrogen and oxygen atoms in total. The second-order valence-electron chi connectivity index (χ2n) is 5.53. The standard InChI is InChI=1S/C15H17ClN4OS.ClH/c16-11-5-1-4-10(7-11)14-19-20-15(22-14)18-13(21)8-9-3-2-6-12(9)17;/h1,4-5,7,9,12H,2-3,6,8,17H2,(H,18,20,21);1H/t9-,12+;/m0./s1. The third kappa shape index (κ3) is 4.64. The molecular weight excluding hydrogens is 355 g/mol. The third-order valence-electron chi connectivity index (χ3n) is 3.91. The Kier molecular flexibility index (Phi) is 6.35. The average molecular weight is 373 g/mol. The number of nitrogens with one attached hydrogen (secondary N) is 1. The van der Waals surface area contributed by atoms with Crippen molar-refractivity contribution in [2.24, 2.45) is 11.7 Å². The summed E-state index contributed by atoms with van der Waals surface area (Å²) in [7, 11) is 0. The van der Waals surface area contributed by atoms with Gasteiger partial charge in [0.05, 0.1) is 0 Å². The van der Waals surface area contributed by atoms with Crippen LogP contribution in [0, 0.1) is 5.92 Å². The molecular formula is C15H18Cl2N4OS. The molecule has 0 aliphatic heterocycles. The maximum atomic E-state index is 12.1. The summed E-state index contributed by atoms with van der Waals surface area (Å²) < 4.78 is 0. The Bertz CT molecular complexity index is 679. The molecule has 1 saturated carbocycles. The SMILES string of the molecule is Cl.N[C@@H]1CCC[C@H]1CC(=O)Nc1nnc(-c2cccc(Cl)c2)s1. The number of rotatable bonds is 4. The molecule has 8 heteroatoms. The zero-order valence-electron chi connectivity index (χ0n) is 12.4. The first-order valence-corrected chi connectivity index (χ1v) is 8.46. The van der Waals surface area contributed by atoms with Crippen molar-refractivity contribution in [2.75, 3.05) is 5.32 Å². The number of anilines is 1. The molecule has 0 saturated heterocycles. The van der Waals surface area contributed by atoms with Crippen molar-refractivity contribution in [1.29, 1.82) is 0 Å². The van der Waals surface area contributed by atoms with Gasteiger partial charge in [0.2, 0.25) is 11.0 Å². The summed E-state index contributed by atoms with van der Waals surface area (Å²) in [6, 6.07) is 7.54. The summed E-state index contributed by atoms with van der Waals surface area (Å²) in [4.78, 5) is 12.1. The molecule has 23 heavy (non-hydrogen) atoms. The predicted octanol–water partition coefficient (Wildman–Crippen LogP) is 3.74. The molecule has 3 N–H and O–H groups in total. The number of hydrogen-bond acceptors (Lipinski definition) is 5. The van der Waals surface area contributed by atoms with E-state index in [0.29, 0.717) is 16.6 Å². The first-order valence-electron chi connectivity index (χ1n) is 7.26. The van der Waals surface area contributed by atoms with Crippen molar-refractivity contribution >= 4 is 46.4 Å². The van der Waals surface area contributed by atoms with Crippen molar-refractivity contribution in [2.45, 2.75) is 31.7 Å². The van der Waals surface area contributed by atoms with E-state index in [1.807, 2.05) is 18.2 Å². The van der Waals surface area contributed by atoms with Crippen LogP contribution in [0.3, 0.4) is 0 Å². The Morgan fingerprint density at radius 2 is 2.22 bits per heavy atom. The number of halogens is 2. The number of amides is 1. The van der Waals surface area contributed by atoms with E-state index in [1.165, 1.54) is 11.3 Å². The molecule has 1 heterocycles. The zero-order valence-corrected chi connectivity index (χ0v) is 14.8. The Morgan fingerprint density at radius 1 is 1.39 bits per heavy atom. The maximum Gasteiger partial charge on any atom is 0.226 e. The van der Waals surface area contributed by atoms with Crippen molar-refractivity contribution in [3.8, 4) is 10.6 Å². The third-order valence-corrected chi connectivity index (χ3v) is 5.03. The van der Waals surface area contributed by atoms with Crippen LogP contribution in [0.5, 0.6) is 0 Å². The molecule has 0 spiro atoms. The highest BCUT2D eigenvalue weighted by Crippen LogP contribution is 2.30. The van der Waals surface area contributed by atoms with Gasteiger partial charge in [0, 0.05) is 23.0 Å². The predicted molar refractivity (Wildman–Crippen MR) is 96.2 cm³/mol. The highest BCUT2D eigenvalue weighted by Gasteiger charge is 2.26. The van der Waals surface area contributed by atoms with Gasteiger partial charge in [0.15, 0.2) is 0 Å². The lowest BCUT2D eigenvalue weighted by Crippen LogP contribution is -2.28. The van der Waals surface area contributed by atoms with Crippen LogP contribution >= 0.6 is 35.3 Å². The van der Waals surface area contributed by atoms with E-state index >= 15 is 0 Å². The average Bonchev–Trinajstić information content (AvgIpc) is 3.09. The molecule has 1 aromatic heterocycles. The zero-order chi connectivity index (χ0) is 15.5. The summed E-state index contributed by atoms with van der Waals surface area (Å²) in [5.41, 5.74) is 6.89. The number of aromatic nitrogens is 2. The summed E-state index contributed by atoms with van der Waals surface area (Å²) in [5, 5.41) is 12.8. The minimum atomic E-state index is -0.0452. The monoisotopic (exact) mass is 372 g/mol. The molecule has 0 bridgehead atoms. The molecule has 1 aliphatic carbocycles. The van der Waals surface area contributed by atoms with E-state index in [1.54, 1.807) is 6.07 Å². The Morgan fingerprint density at radius 3 is 2.91 bits per heavy atom. The van der Waals surface area contributed by atoms with Crippen LogP contribution < -0.4 is 11.1 Å². The number of hydrogen-bond donors (Lipinski definition) is 2. The van der Waals surface area contributed by atoms with Crippen molar-refractivity contribution in [1.82, 2.24) is 10.2 Å². The normalized spacial score (nSPS) is 20.1. The molecule has 124 valence electrons. The minimum absolute atomic E-state index is 0. The van der Waals surface area contributed by atoms with Crippen molar-refractivity contribution < 1.29 is 4.79 Å². The van der Waals surface area contributed by atoms with E-state index in [4.69, 9.17) is 17.3 Å². The van der Waals surface area contributed by atoms with Gasteiger partial charge in [0.1, 0.15) is 5.01 Å². The topological polar surface area (TPSA) is 80.9 Å². The Balaban J connectivity index is 0.00000192.